The van der Waals surface area contributed by atoms with Crippen molar-refractivity contribution in [3.8, 4) is 0 Å². The monoisotopic (exact) mass is 361 g/mol. The number of benzene rings is 2. The van der Waals surface area contributed by atoms with Crippen molar-refractivity contribution < 1.29 is 4.79 Å². The van der Waals surface area contributed by atoms with Crippen LogP contribution in [0.15, 0.2) is 53.3 Å². The summed E-state index contributed by atoms with van der Waals surface area (Å²) < 4.78 is 1.41. The van der Waals surface area contributed by atoms with E-state index in [1.165, 1.54) is 10.1 Å². The molecule has 0 unspecified atom stereocenters. The average molecular weight is 361 g/mol. The highest BCUT2D eigenvalue weighted by Crippen LogP contribution is 2.16. The molecule has 0 saturated heterocycles. The summed E-state index contributed by atoms with van der Waals surface area (Å²) in [5.74, 6) is -0.433. The van der Waals surface area contributed by atoms with Crippen LogP contribution in [0.2, 0.25) is 0 Å². The van der Waals surface area contributed by atoms with Crippen LogP contribution < -0.4 is 10.9 Å². The lowest BCUT2D eigenvalue weighted by atomic mass is 10.0. The Kier molecular flexibility index (Phi) is 4.19. The van der Waals surface area contributed by atoms with E-state index in [1.54, 1.807) is 6.07 Å². The Labute approximate surface area is 155 Å². The zero-order valence-electron chi connectivity index (χ0n) is 15.1. The molecule has 0 spiro atoms. The highest BCUT2D eigenvalue weighted by molar-refractivity contribution is 5.99. The topological polar surface area (TPSA) is 92.2 Å². The molecule has 7 nitrogen and oxygen atoms in total. The molecule has 4 aromatic rings. The number of rotatable bonds is 4. The van der Waals surface area contributed by atoms with E-state index in [1.807, 2.05) is 49.4 Å². The third kappa shape index (κ3) is 2.97. The van der Waals surface area contributed by atoms with Crippen LogP contribution in [0.25, 0.3) is 16.6 Å². The number of aromatic amines is 1. The van der Waals surface area contributed by atoms with Crippen LogP contribution >= 0.6 is 0 Å². The van der Waals surface area contributed by atoms with Crippen LogP contribution in [0.3, 0.4) is 0 Å². The van der Waals surface area contributed by atoms with Gasteiger partial charge < -0.3 is 10.3 Å². The van der Waals surface area contributed by atoms with Crippen molar-refractivity contribution in [1.82, 2.24) is 25.1 Å². The second-order valence-corrected chi connectivity index (χ2v) is 6.46. The fourth-order valence-electron chi connectivity index (χ4n) is 3.14. The molecule has 0 radical (unpaired) electrons. The third-order valence-electron chi connectivity index (χ3n) is 4.72. The van der Waals surface area contributed by atoms with Crippen molar-refractivity contribution in [2.24, 2.45) is 0 Å². The molecule has 0 aliphatic carbocycles. The first-order valence-corrected chi connectivity index (χ1v) is 8.84. The number of nitrogens with zero attached hydrogens (tertiary/aromatic N) is 3. The molecule has 0 bridgehead atoms. The van der Waals surface area contributed by atoms with Crippen molar-refractivity contribution in [3.05, 3.63) is 75.7 Å². The highest BCUT2D eigenvalue weighted by Gasteiger charge is 2.21. The predicted octanol–water partition coefficient (Wildman–Crippen LogP) is 2.62. The van der Waals surface area contributed by atoms with Gasteiger partial charge in [-0.2, -0.15) is 0 Å². The van der Waals surface area contributed by atoms with Gasteiger partial charge in [0, 0.05) is 0 Å². The van der Waals surface area contributed by atoms with Gasteiger partial charge >= 0.3 is 0 Å². The Hall–Kier alpha value is -3.48. The molecule has 2 heterocycles. The van der Waals surface area contributed by atoms with E-state index < -0.39 is 11.5 Å². The van der Waals surface area contributed by atoms with Crippen molar-refractivity contribution >= 4 is 22.5 Å². The molecule has 0 fully saturated rings. The SMILES string of the molecule is CCc1ccc([C@@H](C)NC(=O)c2nnn3c2c(=O)[nH]c2ccccc23)cc1. The van der Waals surface area contributed by atoms with Crippen molar-refractivity contribution in [3.63, 3.8) is 0 Å². The van der Waals surface area contributed by atoms with Gasteiger partial charge in [0.2, 0.25) is 0 Å². The van der Waals surface area contributed by atoms with Gasteiger partial charge in [0.05, 0.1) is 17.1 Å². The number of nitrogens with one attached hydrogen (secondary N) is 2. The smallest absolute Gasteiger partial charge is 0.277 e. The fourth-order valence-corrected chi connectivity index (χ4v) is 3.14. The van der Waals surface area contributed by atoms with Crippen molar-refractivity contribution in [1.29, 1.82) is 0 Å². The minimum absolute atomic E-state index is 0.0130. The Bertz CT molecular complexity index is 1190. The lowest BCUT2D eigenvalue weighted by Crippen LogP contribution is -2.28. The van der Waals surface area contributed by atoms with Gasteiger partial charge in [-0.05, 0) is 36.6 Å². The van der Waals surface area contributed by atoms with Gasteiger partial charge in [0.25, 0.3) is 11.5 Å². The second-order valence-electron chi connectivity index (χ2n) is 6.46. The summed E-state index contributed by atoms with van der Waals surface area (Å²) in [6.07, 6.45) is 0.962. The van der Waals surface area contributed by atoms with E-state index in [-0.39, 0.29) is 17.3 Å². The zero-order chi connectivity index (χ0) is 19.0. The number of aryl methyl sites for hydroxylation is 1. The molecule has 1 amide bonds. The van der Waals surface area contributed by atoms with Gasteiger partial charge in [0.1, 0.15) is 0 Å². The minimum atomic E-state index is -0.433. The van der Waals surface area contributed by atoms with Crippen molar-refractivity contribution in [2.45, 2.75) is 26.3 Å². The highest BCUT2D eigenvalue weighted by atomic mass is 16.2. The predicted molar refractivity (Wildman–Crippen MR) is 103 cm³/mol. The summed E-state index contributed by atoms with van der Waals surface area (Å²) in [7, 11) is 0. The van der Waals surface area contributed by atoms with Crippen LogP contribution in [-0.4, -0.2) is 25.7 Å². The molecule has 27 heavy (non-hydrogen) atoms. The molecule has 4 rings (SSSR count). The van der Waals surface area contributed by atoms with Crippen molar-refractivity contribution in [2.75, 3.05) is 0 Å². The summed E-state index contributed by atoms with van der Waals surface area (Å²) in [5.41, 5.74) is 3.29. The summed E-state index contributed by atoms with van der Waals surface area (Å²) >= 11 is 0. The Morgan fingerprint density at radius 2 is 1.93 bits per heavy atom. The third-order valence-corrected chi connectivity index (χ3v) is 4.72. The molecule has 2 N–H and O–H groups in total. The molecular formula is C20H19N5O2. The number of hydrogen-bond acceptors (Lipinski definition) is 4. The molecular weight excluding hydrogens is 342 g/mol. The lowest BCUT2D eigenvalue weighted by Gasteiger charge is -2.14. The average Bonchev–Trinajstić information content (AvgIpc) is 3.14. The van der Waals surface area contributed by atoms with Gasteiger partial charge in [-0.25, -0.2) is 4.52 Å². The lowest BCUT2D eigenvalue weighted by molar-refractivity contribution is 0.0936. The number of carbonyl (C=O) groups excluding carboxylic acids is 1. The van der Waals surface area contributed by atoms with Gasteiger partial charge in [-0.3, -0.25) is 9.59 Å². The van der Waals surface area contributed by atoms with Crippen LogP contribution in [0, 0.1) is 0 Å². The number of H-pyrrole nitrogens is 1. The van der Waals surface area contributed by atoms with Gasteiger partial charge in [-0.1, -0.05) is 48.5 Å². The van der Waals surface area contributed by atoms with E-state index in [0.717, 1.165) is 12.0 Å². The number of carbonyl (C=O) groups is 1. The van der Waals surface area contributed by atoms with Crippen LogP contribution in [0.5, 0.6) is 0 Å². The molecule has 1 atom stereocenters. The maximum absolute atomic E-state index is 12.7. The fraction of sp³-hybridized carbons (Fsp3) is 0.200. The molecule has 0 aliphatic heterocycles. The second kappa shape index (κ2) is 6.68. The summed E-state index contributed by atoms with van der Waals surface area (Å²) in [4.78, 5) is 28.0. The molecule has 2 aromatic carbocycles. The minimum Gasteiger partial charge on any atom is -0.344 e. The Balaban J connectivity index is 1.68. The van der Waals surface area contributed by atoms with Crippen LogP contribution in [0.4, 0.5) is 0 Å². The molecule has 136 valence electrons. The van der Waals surface area contributed by atoms with Crippen LogP contribution in [0.1, 0.15) is 41.5 Å². The first kappa shape index (κ1) is 17.0. The number of amides is 1. The number of hydrogen-bond donors (Lipinski definition) is 2. The number of fused-ring (bicyclic) bond motifs is 3. The Morgan fingerprint density at radius 3 is 2.67 bits per heavy atom. The quantitative estimate of drug-likeness (QED) is 0.584. The number of para-hydroxylation sites is 2. The van der Waals surface area contributed by atoms with E-state index in [0.29, 0.717) is 11.0 Å². The molecule has 0 saturated carbocycles. The summed E-state index contributed by atoms with van der Waals surface area (Å²) in [6, 6.07) is 15.1. The van der Waals surface area contributed by atoms with E-state index >= 15 is 0 Å². The maximum Gasteiger partial charge on any atom is 0.277 e. The number of aromatic nitrogens is 4. The Morgan fingerprint density at radius 1 is 1.19 bits per heavy atom. The van der Waals surface area contributed by atoms with E-state index in [2.05, 4.69) is 27.5 Å². The molecule has 2 aromatic heterocycles. The summed E-state index contributed by atoms with van der Waals surface area (Å²) in [6.45, 7) is 3.99. The van der Waals surface area contributed by atoms with Gasteiger partial charge in [-0.15, -0.1) is 5.10 Å². The molecule has 7 heteroatoms. The zero-order valence-corrected chi connectivity index (χ0v) is 15.1. The maximum atomic E-state index is 12.7. The van der Waals surface area contributed by atoms with Gasteiger partial charge in [0.15, 0.2) is 11.2 Å². The van der Waals surface area contributed by atoms with Crippen LogP contribution in [-0.2, 0) is 6.42 Å². The first-order valence-electron chi connectivity index (χ1n) is 8.84. The largest absolute Gasteiger partial charge is 0.344 e. The molecule has 0 aliphatic rings. The summed E-state index contributed by atoms with van der Waals surface area (Å²) in [5, 5.41) is 10.9. The standard InChI is InChI=1S/C20H19N5O2/c1-3-13-8-10-14(11-9-13)12(2)21-19(26)17-18-20(27)22-15-6-4-5-7-16(15)25(18)24-23-17/h4-12H,3H2,1-2H3,(H,21,26)(H,22,27)/t12-/m1/s1. The normalized spacial score (nSPS) is 12.4. The van der Waals surface area contributed by atoms with E-state index in [4.69, 9.17) is 0 Å². The van der Waals surface area contributed by atoms with E-state index in [9.17, 15) is 9.59 Å². The first-order chi connectivity index (χ1) is 13.1.